The largest absolute Gasteiger partial charge is 0.545 e. The van der Waals surface area contributed by atoms with Crippen molar-refractivity contribution >= 4 is 17.9 Å². The third-order valence-corrected chi connectivity index (χ3v) is 14.7. The van der Waals surface area contributed by atoms with E-state index in [2.05, 4.69) is 98.9 Å². The summed E-state index contributed by atoms with van der Waals surface area (Å²) in [6.45, 7) is 4.66. The fraction of sp³-hybridized carbons (Fsp3) is 0.764. The van der Waals surface area contributed by atoms with Crippen LogP contribution in [0.15, 0.2) is 85.1 Å². The maximum absolute atomic E-state index is 12.9. The SMILES string of the molecule is CC/C=C\C/C=C\C/C=C\C/C=C\C/C=C\C/C=C\C/C=C\CCCCCCCCCC(=O)OC(COC(=O)CCCCCCCCCCCCCCCCCCCCCCCCCCCCC)COC(OCC[N+](C)(C)C)C(=O)[O-]. The molecule has 0 spiro atoms. The molecule has 0 radical (unpaired) electrons. The molecule has 0 aliphatic rings. The highest BCUT2D eigenvalue weighted by atomic mass is 16.7. The molecule has 81 heavy (non-hydrogen) atoms. The van der Waals surface area contributed by atoms with E-state index in [4.69, 9.17) is 18.9 Å². The lowest BCUT2D eigenvalue weighted by Crippen LogP contribution is -2.44. The Morgan fingerprint density at radius 1 is 0.383 bits per heavy atom. The fourth-order valence-corrected chi connectivity index (χ4v) is 9.52. The van der Waals surface area contributed by atoms with Gasteiger partial charge in [0.25, 0.3) is 0 Å². The number of carboxylic acids is 1. The zero-order valence-electron chi connectivity index (χ0n) is 53.4. The van der Waals surface area contributed by atoms with E-state index >= 15 is 0 Å². The standard InChI is InChI=1S/C72H127NO8/c1-6-8-10-12-14-16-18-20-22-24-26-28-30-32-34-35-37-39-41-43-45-47-49-51-53-55-57-59-61-63-70(75)81-68(67-80-72(71(76)77)78-65-64-73(3,4)5)66-79-69(74)62-60-58-56-54-52-50-48-46-44-42-40-38-36-33-31-29-27-25-23-21-19-17-15-13-11-9-7-2/h8,10,14,16,20,22,26,28,32,34,37,39,43,45,68,72H,6-7,9,11-13,15,17-19,21,23-25,27,29-31,33,35-36,38,40-42,44,46-67H2,1-5H3/b10-8-,16-14-,22-20-,28-26-,34-32-,39-37-,45-43-. The van der Waals surface area contributed by atoms with Gasteiger partial charge in [-0.15, -0.1) is 0 Å². The van der Waals surface area contributed by atoms with Gasteiger partial charge in [0.1, 0.15) is 13.2 Å². The third kappa shape index (κ3) is 63.9. The van der Waals surface area contributed by atoms with Gasteiger partial charge in [-0.1, -0.05) is 298 Å². The van der Waals surface area contributed by atoms with Crippen LogP contribution in [0, 0.1) is 0 Å². The Balaban J connectivity index is 4.18. The Morgan fingerprint density at radius 2 is 0.704 bits per heavy atom. The number of nitrogens with zero attached hydrogens (tertiary/aromatic N) is 1. The van der Waals surface area contributed by atoms with Crippen molar-refractivity contribution in [2.45, 2.75) is 309 Å². The van der Waals surface area contributed by atoms with E-state index in [0.717, 1.165) is 89.9 Å². The molecule has 0 aliphatic carbocycles. The van der Waals surface area contributed by atoms with Gasteiger partial charge in [-0.25, -0.2) is 0 Å². The van der Waals surface area contributed by atoms with Crippen molar-refractivity contribution < 1.29 is 42.9 Å². The second-order valence-corrected chi connectivity index (χ2v) is 23.7. The Bertz CT molecular complexity index is 1600. The van der Waals surface area contributed by atoms with Crippen LogP contribution in [0.1, 0.15) is 296 Å². The fourth-order valence-electron chi connectivity index (χ4n) is 9.52. The predicted octanol–water partition coefficient (Wildman–Crippen LogP) is 19.4. The molecule has 9 heteroatoms. The second-order valence-electron chi connectivity index (χ2n) is 23.7. The number of hydrogen-bond donors (Lipinski definition) is 0. The lowest BCUT2D eigenvalue weighted by molar-refractivity contribution is -0.870. The molecule has 0 saturated heterocycles. The summed E-state index contributed by atoms with van der Waals surface area (Å²) in [6.07, 6.45) is 80.8. The normalized spacial score (nSPS) is 13.2. The number of allylic oxidation sites excluding steroid dienone is 14. The number of hydrogen-bond acceptors (Lipinski definition) is 8. The molecule has 9 nitrogen and oxygen atoms in total. The highest BCUT2D eigenvalue weighted by Gasteiger charge is 2.22. The highest BCUT2D eigenvalue weighted by Crippen LogP contribution is 2.18. The number of rotatable bonds is 62. The van der Waals surface area contributed by atoms with Crippen LogP contribution in [-0.2, 0) is 33.3 Å². The lowest BCUT2D eigenvalue weighted by Gasteiger charge is -2.26. The second kappa shape index (κ2) is 62.5. The minimum absolute atomic E-state index is 0.143. The summed E-state index contributed by atoms with van der Waals surface area (Å²) in [5.74, 6) is -2.29. The molecule has 0 N–H and O–H groups in total. The van der Waals surface area contributed by atoms with Crippen LogP contribution in [0.5, 0.6) is 0 Å². The maximum Gasteiger partial charge on any atom is 0.306 e. The minimum Gasteiger partial charge on any atom is -0.545 e. The molecule has 468 valence electrons. The van der Waals surface area contributed by atoms with Gasteiger partial charge in [-0.2, -0.15) is 0 Å². The molecule has 0 aromatic carbocycles. The number of esters is 2. The van der Waals surface area contributed by atoms with E-state index in [1.165, 1.54) is 173 Å². The molecule has 0 heterocycles. The first-order valence-corrected chi connectivity index (χ1v) is 33.7. The van der Waals surface area contributed by atoms with Crippen molar-refractivity contribution in [2.24, 2.45) is 0 Å². The van der Waals surface area contributed by atoms with Crippen molar-refractivity contribution in [3.8, 4) is 0 Å². The molecule has 2 unspecified atom stereocenters. The molecule has 0 aromatic rings. The van der Waals surface area contributed by atoms with E-state index < -0.39 is 24.3 Å². The average molecular weight is 1130 g/mol. The Morgan fingerprint density at radius 3 is 1.05 bits per heavy atom. The first kappa shape index (κ1) is 77.5. The molecule has 0 amide bonds. The minimum atomic E-state index is -1.63. The molecule has 0 saturated carbocycles. The lowest BCUT2D eigenvalue weighted by atomic mass is 10.0. The summed E-state index contributed by atoms with van der Waals surface area (Å²) >= 11 is 0. The Hall–Kier alpha value is -3.53. The number of quaternary nitrogens is 1. The third-order valence-electron chi connectivity index (χ3n) is 14.7. The van der Waals surface area contributed by atoms with Crippen LogP contribution < -0.4 is 5.11 Å². The molecule has 0 fully saturated rings. The zero-order valence-corrected chi connectivity index (χ0v) is 53.4. The van der Waals surface area contributed by atoms with Gasteiger partial charge in [0.05, 0.1) is 40.3 Å². The first-order valence-electron chi connectivity index (χ1n) is 33.7. The summed E-state index contributed by atoms with van der Waals surface area (Å²) in [5, 5.41) is 11.8. The van der Waals surface area contributed by atoms with E-state index in [1.54, 1.807) is 0 Å². The smallest absolute Gasteiger partial charge is 0.306 e. The van der Waals surface area contributed by atoms with Crippen molar-refractivity contribution in [1.29, 1.82) is 0 Å². The maximum atomic E-state index is 12.9. The number of likely N-dealkylation sites (N-methyl/N-ethyl adjacent to an activating group) is 1. The first-order chi connectivity index (χ1) is 39.6. The number of carbonyl (C=O) groups is 3. The molecule has 0 bridgehead atoms. The summed E-state index contributed by atoms with van der Waals surface area (Å²) in [6, 6.07) is 0. The number of ether oxygens (including phenoxy) is 4. The van der Waals surface area contributed by atoms with Crippen LogP contribution in [0.25, 0.3) is 0 Å². The molecule has 0 aliphatic heterocycles. The number of carbonyl (C=O) groups excluding carboxylic acids is 3. The van der Waals surface area contributed by atoms with E-state index in [1.807, 2.05) is 21.1 Å². The summed E-state index contributed by atoms with van der Waals surface area (Å²) in [4.78, 5) is 37.5. The van der Waals surface area contributed by atoms with E-state index in [9.17, 15) is 19.5 Å². The van der Waals surface area contributed by atoms with E-state index in [-0.39, 0.29) is 32.2 Å². The van der Waals surface area contributed by atoms with Gasteiger partial charge in [-0.05, 0) is 70.6 Å². The van der Waals surface area contributed by atoms with Crippen molar-refractivity contribution in [1.82, 2.24) is 0 Å². The molecule has 0 aromatic heterocycles. The molecule has 2 atom stereocenters. The van der Waals surface area contributed by atoms with Crippen LogP contribution in [0.3, 0.4) is 0 Å². The number of unbranched alkanes of at least 4 members (excludes halogenated alkanes) is 33. The summed E-state index contributed by atoms with van der Waals surface area (Å²) in [7, 11) is 5.93. The van der Waals surface area contributed by atoms with Gasteiger partial charge >= 0.3 is 11.9 Å². The van der Waals surface area contributed by atoms with Crippen LogP contribution in [-0.4, -0.2) is 82.3 Å². The Kier molecular flexibility index (Phi) is 59.8. The van der Waals surface area contributed by atoms with Gasteiger partial charge in [-0.3, -0.25) is 9.59 Å². The monoisotopic (exact) mass is 1130 g/mol. The van der Waals surface area contributed by atoms with Crippen LogP contribution in [0.4, 0.5) is 0 Å². The highest BCUT2D eigenvalue weighted by molar-refractivity contribution is 5.70. The summed E-state index contributed by atoms with van der Waals surface area (Å²) in [5.41, 5.74) is 0. The number of carboxylic acid groups (broad SMARTS) is 1. The van der Waals surface area contributed by atoms with Crippen LogP contribution in [0.2, 0.25) is 0 Å². The summed E-state index contributed by atoms with van der Waals surface area (Å²) < 4.78 is 22.8. The van der Waals surface area contributed by atoms with E-state index in [0.29, 0.717) is 23.9 Å². The predicted molar refractivity (Wildman–Crippen MR) is 343 cm³/mol. The van der Waals surface area contributed by atoms with Gasteiger partial charge < -0.3 is 33.3 Å². The Labute approximate surface area is 500 Å². The molecular formula is C72H127NO8. The van der Waals surface area contributed by atoms with Gasteiger partial charge in [0.2, 0.25) is 0 Å². The number of aliphatic carboxylic acids is 1. The van der Waals surface area contributed by atoms with Gasteiger partial charge in [0.15, 0.2) is 12.4 Å². The topological polar surface area (TPSA) is 111 Å². The van der Waals surface area contributed by atoms with Crippen molar-refractivity contribution in [3.05, 3.63) is 85.1 Å². The van der Waals surface area contributed by atoms with Crippen LogP contribution >= 0.6 is 0 Å². The molecular weight excluding hydrogens is 1010 g/mol. The quantitative estimate of drug-likeness (QED) is 0.0195. The van der Waals surface area contributed by atoms with Crippen molar-refractivity contribution in [3.63, 3.8) is 0 Å². The van der Waals surface area contributed by atoms with Gasteiger partial charge in [0, 0.05) is 12.8 Å². The molecule has 0 rings (SSSR count). The zero-order chi connectivity index (χ0) is 59.1. The van der Waals surface area contributed by atoms with Crippen molar-refractivity contribution in [2.75, 3.05) is 47.5 Å². The average Bonchev–Trinajstić information content (AvgIpc) is 3.44.